The molecule has 0 aliphatic carbocycles. The van der Waals surface area contributed by atoms with Crippen molar-refractivity contribution >= 4 is 5.91 Å². The molecule has 0 aromatic rings. The highest BCUT2D eigenvalue weighted by Crippen LogP contribution is 2.06. The molecule has 1 aliphatic rings. The lowest BCUT2D eigenvalue weighted by Crippen LogP contribution is -2.51. The van der Waals surface area contributed by atoms with E-state index in [-0.39, 0.29) is 5.91 Å². The van der Waals surface area contributed by atoms with Gasteiger partial charge in [-0.05, 0) is 12.8 Å². The topological polar surface area (TPSA) is 43.8 Å². The second-order valence-corrected chi connectivity index (χ2v) is 4.70. The van der Waals surface area contributed by atoms with Crippen molar-refractivity contribution in [2.24, 2.45) is 5.92 Å². The number of piperazine rings is 1. The number of rotatable bonds is 3. The Morgan fingerprint density at radius 3 is 2.13 bits per heavy atom. The van der Waals surface area contributed by atoms with Gasteiger partial charge in [0, 0.05) is 32.7 Å². The molecule has 1 N–H and O–H groups in total. The van der Waals surface area contributed by atoms with Crippen molar-refractivity contribution < 1.29 is 9.90 Å². The van der Waals surface area contributed by atoms with Crippen LogP contribution >= 0.6 is 0 Å². The van der Waals surface area contributed by atoms with Gasteiger partial charge in [0.1, 0.15) is 6.10 Å². The van der Waals surface area contributed by atoms with Crippen molar-refractivity contribution in [2.75, 3.05) is 32.7 Å². The summed E-state index contributed by atoms with van der Waals surface area (Å²) < 4.78 is 0. The maximum atomic E-state index is 11.5. The third kappa shape index (κ3) is 3.80. The molecule has 1 amide bonds. The minimum absolute atomic E-state index is 0.140. The molecule has 0 radical (unpaired) electrons. The Bertz CT molecular complexity index is 209. The Morgan fingerprint density at radius 1 is 1.20 bits per heavy atom. The average Bonchev–Trinajstić information content (AvgIpc) is 2.17. The smallest absolute Gasteiger partial charge is 0.251 e. The van der Waals surface area contributed by atoms with Gasteiger partial charge >= 0.3 is 0 Å². The first kappa shape index (κ1) is 12.5. The Kier molecular flexibility index (Phi) is 4.54. The summed E-state index contributed by atoms with van der Waals surface area (Å²) in [6, 6.07) is 0. The van der Waals surface area contributed by atoms with E-state index in [1.165, 1.54) is 6.92 Å². The van der Waals surface area contributed by atoms with Gasteiger partial charge in [0.25, 0.3) is 5.91 Å². The molecule has 1 aliphatic heterocycles. The fourth-order valence-corrected chi connectivity index (χ4v) is 1.93. The average molecular weight is 214 g/mol. The van der Waals surface area contributed by atoms with E-state index in [9.17, 15) is 9.90 Å². The summed E-state index contributed by atoms with van der Waals surface area (Å²) in [4.78, 5) is 15.6. The molecule has 4 heteroatoms. The normalized spacial score (nSPS) is 20.7. The Labute approximate surface area is 91.9 Å². The van der Waals surface area contributed by atoms with Crippen LogP contribution in [0.2, 0.25) is 0 Å². The van der Waals surface area contributed by atoms with Gasteiger partial charge in [-0.25, -0.2) is 0 Å². The number of amides is 1. The molecule has 0 unspecified atom stereocenters. The first-order valence-electron chi connectivity index (χ1n) is 5.70. The lowest BCUT2D eigenvalue weighted by molar-refractivity contribution is -0.141. The van der Waals surface area contributed by atoms with E-state index in [0.29, 0.717) is 5.92 Å². The van der Waals surface area contributed by atoms with Gasteiger partial charge < -0.3 is 10.0 Å². The molecule has 1 saturated heterocycles. The van der Waals surface area contributed by atoms with Crippen molar-refractivity contribution in [2.45, 2.75) is 26.9 Å². The van der Waals surface area contributed by atoms with Crippen molar-refractivity contribution in [3.8, 4) is 0 Å². The van der Waals surface area contributed by atoms with Crippen molar-refractivity contribution in [1.82, 2.24) is 9.80 Å². The van der Waals surface area contributed by atoms with Gasteiger partial charge in [-0.1, -0.05) is 13.8 Å². The number of nitrogens with zero attached hydrogens (tertiary/aromatic N) is 2. The van der Waals surface area contributed by atoms with Crippen LogP contribution in [0.3, 0.4) is 0 Å². The van der Waals surface area contributed by atoms with Gasteiger partial charge in [-0.2, -0.15) is 0 Å². The van der Waals surface area contributed by atoms with Crippen LogP contribution in [0.1, 0.15) is 20.8 Å². The zero-order valence-corrected chi connectivity index (χ0v) is 9.94. The minimum Gasteiger partial charge on any atom is -0.384 e. The number of aliphatic hydroxyl groups excluding tert-OH is 1. The second kappa shape index (κ2) is 5.47. The maximum Gasteiger partial charge on any atom is 0.251 e. The van der Waals surface area contributed by atoms with Gasteiger partial charge in [0.15, 0.2) is 0 Å². The van der Waals surface area contributed by atoms with Crippen LogP contribution < -0.4 is 0 Å². The highest BCUT2D eigenvalue weighted by molar-refractivity contribution is 5.80. The molecule has 1 atom stereocenters. The van der Waals surface area contributed by atoms with Crippen molar-refractivity contribution in [3.63, 3.8) is 0 Å². The van der Waals surface area contributed by atoms with E-state index in [1.54, 1.807) is 4.90 Å². The summed E-state index contributed by atoms with van der Waals surface area (Å²) >= 11 is 0. The monoisotopic (exact) mass is 214 g/mol. The van der Waals surface area contributed by atoms with Crippen LogP contribution in [0, 0.1) is 5.92 Å². The SMILES string of the molecule is CC(C)CN1CCN(C(=O)[C@H](C)O)CC1. The number of hydrogen-bond donors (Lipinski definition) is 1. The van der Waals surface area contributed by atoms with Crippen LogP contribution in [0.15, 0.2) is 0 Å². The second-order valence-electron chi connectivity index (χ2n) is 4.70. The van der Waals surface area contributed by atoms with E-state index >= 15 is 0 Å². The third-order valence-corrected chi connectivity index (χ3v) is 2.66. The predicted octanol–water partition coefficient (Wildman–Crippen LogP) is 0.167. The van der Waals surface area contributed by atoms with E-state index in [4.69, 9.17) is 0 Å². The van der Waals surface area contributed by atoms with E-state index in [0.717, 1.165) is 32.7 Å². The minimum atomic E-state index is -0.860. The highest BCUT2D eigenvalue weighted by atomic mass is 16.3. The largest absolute Gasteiger partial charge is 0.384 e. The van der Waals surface area contributed by atoms with Gasteiger partial charge in [0.05, 0.1) is 0 Å². The fraction of sp³-hybridized carbons (Fsp3) is 0.909. The Balaban J connectivity index is 2.32. The van der Waals surface area contributed by atoms with Crippen LogP contribution in [0.5, 0.6) is 0 Å². The molecule has 88 valence electrons. The van der Waals surface area contributed by atoms with Crippen LogP contribution in [-0.4, -0.2) is 59.6 Å². The molecule has 0 spiro atoms. The molecule has 0 saturated carbocycles. The molecule has 1 rings (SSSR count). The third-order valence-electron chi connectivity index (χ3n) is 2.66. The first-order chi connectivity index (χ1) is 7.00. The standard InChI is InChI=1S/C11H22N2O2/c1-9(2)8-12-4-6-13(7-5-12)11(15)10(3)14/h9-10,14H,4-8H2,1-3H3/t10-/m0/s1. The molecule has 0 aromatic carbocycles. The summed E-state index contributed by atoms with van der Waals surface area (Å²) in [5.74, 6) is 0.531. The molecule has 4 nitrogen and oxygen atoms in total. The van der Waals surface area contributed by atoms with Gasteiger partial charge in [-0.3, -0.25) is 9.69 Å². The molecule has 1 fully saturated rings. The number of hydrogen-bond acceptors (Lipinski definition) is 3. The highest BCUT2D eigenvalue weighted by Gasteiger charge is 2.23. The zero-order chi connectivity index (χ0) is 11.4. The summed E-state index contributed by atoms with van der Waals surface area (Å²) in [5, 5.41) is 9.18. The maximum absolute atomic E-state index is 11.5. The molecule has 15 heavy (non-hydrogen) atoms. The van der Waals surface area contributed by atoms with E-state index < -0.39 is 6.10 Å². The zero-order valence-electron chi connectivity index (χ0n) is 9.94. The number of aliphatic hydroxyl groups is 1. The molecular weight excluding hydrogens is 192 g/mol. The summed E-state index contributed by atoms with van der Waals surface area (Å²) in [6.07, 6.45) is -0.860. The van der Waals surface area contributed by atoms with Crippen LogP contribution in [0.25, 0.3) is 0 Å². The fourth-order valence-electron chi connectivity index (χ4n) is 1.93. The van der Waals surface area contributed by atoms with Crippen LogP contribution in [0.4, 0.5) is 0 Å². The van der Waals surface area contributed by atoms with Gasteiger partial charge in [-0.15, -0.1) is 0 Å². The van der Waals surface area contributed by atoms with Crippen molar-refractivity contribution in [1.29, 1.82) is 0 Å². The lowest BCUT2D eigenvalue weighted by atomic mass is 10.2. The van der Waals surface area contributed by atoms with E-state index in [2.05, 4.69) is 18.7 Å². The van der Waals surface area contributed by atoms with Crippen molar-refractivity contribution in [3.05, 3.63) is 0 Å². The van der Waals surface area contributed by atoms with Crippen LogP contribution in [-0.2, 0) is 4.79 Å². The predicted molar refractivity (Wildman–Crippen MR) is 59.5 cm³/mol. The summed E-state index contributed by atoms with van der Waals surface area (Å²) in [6.45, 7) is 10.4. The molecular formula is C11H22N2O2. The number of carbonyl (C=O) groups excluding carboxylic acids is 1. The lowest BCUT2D eigenvalue weighted by Gasteiger charge is -2.36. The van der Waals surface area contributed by atoms with E-state index in [1.807, 2.05) is 0 Å². The Morgan fingerprint density at radius 2 is 1.73 bits per heavy atom. The molecule has 0 aromatic heterocycles. The Hall–Kier alpha value is -0.610. The summed E-state index contributed by atoms with van der Waals surface area (Å²) in [5.41, 5.74) is 0. The molecule has 0 bridgehead atoms. The van der Waals surface area contributed by atoms with Gasteiger partial charge in [0.2, 0.25) is 0 Å². The number of carbonyl (C=O) groups is 1. The summed E-state index contributed by atoms with van der Waals surface area (Å²) in [7, 11) is 0. The first-order valence-corrected chi connectivity index (χ1v) is 5.70. The molecule has 1 heterocycles. The quantitative estimate of drug-likeness (QED) is 0.728.